The van der Waals surface area contributed by atoms with Crippen molar-refractivity contribution in [2.75, 3.05) is 5.73 Å². The Morgan fingerprint density at radius 1 is 1.30 bits per heavy atom. The summed E-state index contributed by atoms with van der Waals surface area (Å²) in [6, 6.07) is 1.36. The van der Waals surface area contributed by atoms with Crippen LogP contribution >= 0.6 is 24.0 Å². The third-order valence-corrected chi connectivity index (χ3v) is 4.99. The third kappa shape index (κ3) is 4.20. The first kappa shape index (κ1) is 17.5. The predicted octanol–water partition coefficient (Wildman–Crippen LogP) is 1.29. The van der Waals surface area contributed by atoms with E-state index in [0.29, 0.717) is 0 Å². The van der Waals surface area contributed by atoms with Crippen molar-refractivity contribution in [2.24, 2.45) is 5.73 Å². The minimum atomic E-state index is -3.69. The van der Waals surface area contributed by atoms with Gasteiger partial charge in [0.25, 0.3) is 0 Å². The molecule has 114 valence electrons. The fourth-order valence-corrected chi connectivity index (χ4v) is 3.80. The number of nitrogen functional groups attached to an aromatic ring is 1. The summed E-state index contributed by atoms with van der Waals surface area (Å²) in [5.74, 6) is -0.0515. The lowest BCUT2D eigenvalue weighted by Crippen LogP contribution is -2.40. The van der Waals surface area contributed by atoms with Crippen LogP contribution in [0.15, 0.2) is 17.2 Å². The van der Waals surface area contributed by atoms with E-state index in [2.05, 4.69) is 9.71 Å². The first-order chi connectivity index (χ1) is 8.88. The number of rotatable bonds is 3. The van der Waals surface area contributed by atoms with E-state index in [4.69, 9.17) is 23.1 Å². The van der Waals surface area contributed by atoms with Gasteiger partial charge in [0.1, 0.15) is 10.7 Å². The first-order valence-electron chi connectivity index (χ1n) is 6.07. The highest BCUT2D eigenvalue weighted by molar-refractivity contribution is 7.89. The van der Waals surface area contributed by atoms with Gasteiger partial charge in [0.15, 0.2) is 0 Å². The zero-order chi connectivity index (χ0) is 14.0. The molecule has 1 fully saturated rings. The van der Waals surface area contributed by atoms with Crippen LogP contribution in [0.3, 0.4) is 0 Å². The molecule has 5 N–H and O–H groups in total. The number of halogens is 2. The highest BCUT2D eigenvalue weighted by atomic mass is 35.5. The lowest BCUT2D eigenvalue weighted by molar-refractivity contribution is 0.373. The molecular formula is C11H18Cl2N4O2S. The number of aromatic nitrogens is 1. The van der Waals surface area contributed by atoms with Crippen LogP contribution in [0, 0.1) is 0 Å². The van der Waals surface area contributed by atoms with Crippen LogP contribution in [0.4, 0.5) is 5.82 Å². The van der Waals surface area contributed by atoms with Gasteiger partial charge in [-0.2, -0.15) is 0 Å². The molecule has 1 saturated carbocycles. The summed E-state index contributed by atoms with van der Waals surface area (Å²) in [5, 5.41) is 0.236. The maximum atomic E-state index is 12.2. The van der Waals surface area contributed by atoms with Gasteiger partial charge in [-0.25, -0.2) is 18.1 Å². The predicted molar refractivity (Wildman–Crippen MR) is 81.5 cm³/mol. The molecule has 0 atom stereocenters. The van der Waals surface area contributed by atoms with Crippen molar-refractivity contribution in [1.82, 2.24) is 9.71 Å². The molecule has 0 saturated heterocycles. The normalized spacial score (nSPS) is 23.1. The molecule has 0 spiro atoms. The fraction of sp³-hybridized carbons (Fsp3) is 0.545. The highest BCUT2D eigenvalue weighted by Crippen LogP contribution is 2.23. The maximum Gasteiger partial charge on any atom is 0.244 e. The number of nitrogens with two attached hydrogens (primary N) is 2. The van der Waals surface area contributed by atoms with Crippen LogP contribution in [0.2, 0.25) is 5.02 Å². The van der Waals surface area contributed by atoms with Crippen LogP contribution in [-0.4, -0.2) is 25.5 Å². The zero-order valence-electron chi connectivity index (χ0n) is 10.8. The minimum Gasteiger partial charge on any atom is -0.383 e. The van der Waals surface area contributed by atoms with Crippen molar-refractivity contribution in [2.45, 2.75) is 42.7 Å². The molecule has 1 aliphatic rings. The van der Waals surface area contributed by atoms with Crippen LogP contribution in [0.5, 0.6) is 0 Å². The third-order valence-electron chi connectivity index (χ3n) is 3.23. The van der Waals surface area contributed by atoms with Crippen molar-refractivity contribution in [1.29, 1.82) is 0 Å². The Kier molecular flexibility index (Phi) is 6.03. The van der Waals surface area contributed by atoms with E-state index in [0.717, 1.165) is 25.7 Å². The monoisotopic (exact) mass is 340 g/mol. The van der Waals surface area contributed by atoms with E-state index in [-0.39, 0.29) is 40.2 Å². The minimum absolute atomic E-state index is 0. The van der Waals surface area contributed by atoms with Crippen molar-refractivity contribution in [3.8, 4) is 0 Å². The van der Waals surface area contributed by atoms with Gasteiger partial charge >= 0.3 is 0 Å². The Morgan fingerprint density at radius 3 is 2.50 bits per heavy atom. The summed E-state index contributed by atoms with van der Waals surface area (Å²) >= 11 is 5.76. The number of sulfonamides is 1. The highest BCUT2D eigenvalue weighted by Gasteiger charge is 2.26. The molecule has 1 aromatic heterocycles. The first-order valence-corrected chi connectivity index (χ1v) is 7.93. The van der Waals surface area contributed by atoms with Gasteiger partial charge < -0.3 is 11.5 Å². The SMILES string of the molecule is Cl.Nc1ncc(Cl)cc1S(=O)(=O)NC1CCC(N)CC1. The largest absolute Gasteiger partial charge is 0.383 e. The Labute approximate surface area is 129 Å². The second-order valence-electron chi connectivity index (χ2n) is 4.77. The second-order valence-corrected chi connectivity index (χ2v) is 6.89. The van der Waals surface area contributed by atoms with Crippen molar-refractivity contribution in [3.05, 3.63) is 17.3 Å². The van der Waals surface area contributed by atoms with Crippen LogP contribution in [-0.2, 0) is 10.0 Å². The number of hydrogen-bond acceptors (Lipinski definition) is 5. The van der Waals surface area contributed by atoms with E-state index < -0.39 is 10.0 Å². The van der Waals surface area contributed by atoms with Crippen molar-refractivity contribution in [3.63, 3.8) is 0 Å². The smallest absolute Gasteiger partial charge is 0.244 e. The molecule has 6 nitrogen and oxygen atoms in total. The molecule has 20 heavy (non-hydrogen) atoms. The molecule has 9 heteroatoms. The summed E-state index contributed by atoms with van der Waals surface area (Å²) in [5.41, 5.74) is 11.4. The second kappa shape index (κ2) is 6.91. The molecule has 0 aromatic carbocycles. The number of hydrogen-bond donors (Lipinski definition) is 3. The van der Waals surface area contributed by atoms with Gasteiger partial charge in [0, 0.05) is 18.3 Å². The van der Waals surface area contributed by atoms with Crippen LogP contribution in [0.25, 0.3) is 0 Å². The molecular weight excluding hydrogens is 323 g/mol. The Bertz CT molecular complexity index is 560. The molecule has 1 aliphatic carbocycles. The van der Waals surface area contributed by atoms with Gasteiger partial charge in [0.05, 0.1) is 5.02 Å². The van der Waals surface area contributed by atoms with E-state index >= 15 is 0 Å². The van der Waals surface area contributed by atoms with Crippen LogP contribution in [0.1, 0.15) is 25.7 Å². The molecule has 0 bridgehead atoms. The number of nitrogens with zero attached hydrogens (tertiary/aromatic N) is 1. The molecule has 1 aromatic rings. The Balaban J connectivity index is 0.00000200. The Morgan fingerprint density at radius 2 is 1.90 bits per heavy atom. The molecule has 0 aliphatic heterocycles. The van der Waals surface area contributed by atoms with Gasteiger partial charge in [-0.1, -0.05) is 11.6 Å². The van der Waals surface area contributed by atoms with Gasteiger partial charge in [-0.05, 0) is 31.7 Å². The van der Waals surface area contributed by atoms with Gasteiger partial charge in [0.2, 0.25) is 10.0 Å². The lowest BCUT2D eigenvalue weighted by atomic mass is 9.93. The maximum absolute atomic E-state index is 12.2. The van der Waals surface area contributed by atoms with Crippen molar-refractivity contribution >= 4 is 39.8 Å². The molecule has 2 rings (SSSR count). The van der Waals surface area contributed by atoms with Crippen LogP contribution < -0.4 is 16.2 Å². The number of nitrogens with one attached hydrogen (secondary N) is 1. The summed E-state index contributed by atoms with van der Waals surface area (Å²) in [6.07, 6.45) is 4.41. The van der Waals surface area contributed by atoms with E-state index in [9.17, 15) is 8.42 Å². The standard InChI is InChI=1S/C11H17ClN4O2S.ClH/c12-7-5-10(11(14)15-6-7)19(17,18)16-9-3-1-8(13)2-4-9;/h5-6,8-9,16H,1-4,13H2,(H2,14,15);1H. The summed E-state index contributed by atoms with van der Waals surface area (Å²) in [6.45, 7) is 0. The fourth-order valence-electron chi connectivity index (χ4n) is 2.17. The summed E-state index contributed by atoms with van der Waals surface area (Å²) in [7, 11) is -3.69. The zero-order valence-corrected chi connectivity index (χ0v) is 13.1. The summed E-state index contributed by atoms with van der Waals surface area (Å²) < 4.78 is 27.1. The number of pyridine rings is 1. The molecule has 0 unspecified atom stereocenters. The quantitative estimate of drug-likeness (QED) is 0.767. The van der Waals surface area contributed by atoms with E-state index in [1.165, 1.54) is 12.3 Å². The summed E-state index contributed by atoms with van der Waals surface area (Å²) in [4.78, 5) is 3.68. The average Bonchev–Trinajstić information content (AvgIpc) is 2.35. The van der Waals surface area contributed by atoms with Crippen molar-refractivity contribution < 1.29 is 8.42 Å². The van der Waals surface area contributed by atoms with Gasteiger partial charge in [-0.15, -0.1) is 12.4 Å². The number of anilines is 1. The molecule has 1 heterocycles. The Hall–Kier alpha value is -0.600. The van der Waals surface area contributed by atoms with E-state index in [1.54, 1.807) is 0 Å². The topological polar surface area (TPSA) is 111 Å². The molecule has 0 radical (unpaired) electrons. The van der Waals surface area contributed by atoms with E-state index in [1.807, 2.05) is 0 Å². The lowest BCUT2D eigenvalue weighted by Gasteiger charge is -2.26. The molecule has 0 amide bonds. The average molecular weight is 341 g/mol. The van der Waals surface area contributed by atoms with Gasteiger partial charge in [-0.3, -0.25) is 0 Å².